The van der Waals surface area contributed by atoms with Crippen LogP contribution in [0.2, 0.25) is 0 Å². The fourth-order valence-electron chi connectivity index (χ4n) is 4.30. The molecule has 3 heterocycles. The van der Waals surface area contributed by atoms with Crippen molar-refractivity contribution in [3.63, 3.8) is 0 Å². The molecule has 1 fully saturated rings. The van der Waals surface area contributed by atoms with E-state index < -0.39 is 56.9 Å². The third-order valence-corrected chi connectivity index (χ3v) is 8.23. The summed E-state index contributed by atoms with van der Waals surface area (Å²) < 4.78 is 61.3. The molecule has 0 radical (unpaired) electrons. The molecule has 0 saturated carbocycles. The van der Waals surface area contributed by atoms with E-state index in [2.05, 4.69) is 62.1 Å². The normalized spacial score (nSPS) is 20.8. The van der Waals surface area contributed by atoms with Gasteiger partial charge in [-0.2, -0.15) is 13.8 Å². The Bertz CT molecular complexity index is 1540. The Kier molecular flexibility index (Phi) is 12.8. The standard InChI is InChI=1S/C20H17Br2F2N2O10P.C6H15N/c21-10-3-9-4-12(35-16(9)13(22)5-10)7-33-15(27)6-11-1-2-26(19(29)25-11)18-20(23,24)17(28)14(36-18)8-34-37(30,31)32;1-4-7(5-2)6-3/h1-5,14,17-18,28H,6-8H2,(H2,30,31,32);4-6H2,1-3H3/t14-,17-,18-;/m1./s1. The van der Waals surface area contributed by atoms with Crippen molar-refractivity contribution in [2.45, 2.75) is 58.2 Å². The minimum absolute atomic E-state index is 0.0863. The number of rotatable bonds is 11. The van der Waals surface area contributed by atoms with Gasteiger partial charge in [0, 0.05) is 16.1 Å². The number of hydrogen-bond donors (Lipinski definition) is 3. The molecular formula is C26H32Br2F2N3O10P. The number of halogens is 4. The highest BCUT2D eigenvalue weighted by Gasteiger charge is 2.59. The number of furan rings is 1. The average Bonchev–Trinajstić information content (AvgIpc) is 3.45. The first-order valence-corrected chi connectivity index (χ1v) is 16.5. The van der Waals surface area contributed by atoms with E-state index in [1.54, 1.807) is 17.0 Å². The molecule has 44 heavy (non-hydrogen) atoms. The molecule has 1 aliphatic rings. The van der Waals surface area contributed by atoms with Crippen LogP contribution in [0.15, 0.2) is 48.6 Å². The van der Waals surface area contributed by atoms with Crippen molar-refractivity contribution in [2.75, 3.05) is 26.2 Å². The highest BCUT2D eigenvalue weighted by molar-refractivity contribution is 9.11. The molecular weight excluding hydrogens is 743 g/mol. The molecule has 4 atom stereocenters. The van der Waals surface area contributed by atoms with Crippen LogP contribution in [0, 0.1) is 0 Å². The number of carbonyl (C=O) groups is 1. The van der Waals surface area contributed by atoms with Crippen LogP contribution in [-0.2, 0) is 36.4 Å². The lowest BCUT2D eigenvalue weighted by Crippen LogP contribution is -3.11. The molecule has 3 aromatic rings. The number of benzene rings is 1. The largest absolute Gasteiger partial charge is 0.756 e. The summed E-state index contributed by atoms with van der Waals surface area (Å²) >= 11 is 6.73. The van der Waals surface area contributed by atoms with Crippen LogP contribution < -0.4 is 15.5 Å². The lowest BCUT2D eigenvalue weighted by molar-refractivity contribution is -0.894. The second-order valence-corrected chi connectivity index (χ2v) is 12.7. The fraction of sp³-hybridized carbons (Fsp3) is 0.500. The van der Waals surface area contributed by atoms with Gasteiger partial charge in [-0.1, -0.05) is 15.9 Å². The lowest BCUT2D eigenvalue weighted by Gasteiger charge is -2.21. The number of ether oxygens (including phenoxy) is 2. The predicted molar refractivity (Wildman–Crippen MR) is 157 cm³/mol. The Hall–Kier alpha value is -2.08. The number of carbonyl (C=O) groups excluding carboxylic acids is 1. The van der Waals surface area contributed by atoms with Crippen LogP contribution in [-0.4, -0.2) is 69.9 Å². The molecule has 2 aromatic heterocycles. The second-order valence-electron chi connectivity index (χ2n) is 9.69. The summed E-state index contributed by atoms with van der Waals surface area (Å²) in [6.45, 7) is 9.17. The van der Waals surface area contributed by atoms with Crippen LogP contribution >= 0.6 is 39.7 Å². The van der Waals surface area contributed by atoms with Crippen molar-refractivity contribution < 1.29 is 56.3 Å². The molecule has 3 N–H and O–H groups in total. The Balaban J connectivity index is 0.000000676. The van der Waals surface area contributed by atoms with E-state index >= 15 is 0 Å². The molecule has 0 amide bonds. The number of nitrogens with one attached hydrogen (secondary N) is 1. The molecule has 0 bridgehead atoms. The highest BCUT2D eigenvalue weighted by Crippen LogP contribution is 2.43. The Labute approximate surface area is 267 Å². The molecule has 1 saturated heterocycles. The number of aliphatic hydroxyl groups excluding tert-OH is 1. The van der Waals surface area contributed by atoms with Crippen molar-refractivity contribution >= 4 is 56.6 Å². The van der Waals surface area contributed by atoms with Gasteiger partial charge in [0.15, 0.2) is 6.10 Å². The Morgan fingerprint density at radius 1 is 1.23 bits per heavy atom. The number of phosphoric ester groups is 1. The quantitative estimate of drug-likeness (QED) is 0.192. The zero-order chi connectivity index (χ0) is 32.8. The molecule has 1 aromatic carbocycles. The van der Waals surface area contributed by atoms with Gasteiger partial charge >= 0.3 is 17.6 Å². The molecule has 1 unspecified atom stereocenters. The number of quaternary nitrogens is 1. The number of aromatic nitrogens is 2. The summed E-state index contributed by atoms with van der Waals surface area (Å²) in [5.41, 5.74) is -0.757. The van der Waals surface area contributed by atoms with Gasteiger partial charge in [0.25, 0.3) is 7.82 Å². The van der Waals surface area contributed by atoms with Gasteiger partial charge < -0.3 is 38.2 Å². The molecule has 1 aliphatic heterocycles. The number of phosphoric acid groups is 1. The van der Waals surface area contributed by atoms with Crippen LogP contribution in [0.25, 0.3) is 11.0 Å². The minimum Gasteiger partial charge on any atom is -0.756 e. The van der Waals surface area contributed by atoms with E-state index in [1.807, 2.05) is 6.07 Å². The number of fused-ring (bicyclic) bond motifs is 1. The number of aliphatic hydroxyl groups is 1. The van der Waals surface area contributed by atoms with E-state index in [0.717, 1.165) is 22.1 Å². The third-order valence-electron chi connectivity index (χ3n) is 6.71. The monoisotopic (exact) mass is 773 g/mol. The first kappa shape index (κ1) is 36.4. The van der Waals surface area contributed by atoms with Crippen molar-refractivity contribution in [3.05, 3.63) is 61.3 Å². The zero-order valence-electron chi connectivity index (χ0n) is 23.9. The smallest absolute Gasteiger partial charge is 0.350 e. The minimum atomic E-state index is -5.27. The predicted octanol–water partition coefficient (Wildman–Crippen LogP) is 2.10. The van der Waals surface area contributed by atoms with Gasteiger partial charge in [-0.05, 0) is 61.0 Å². The summed E-state index contributed by atoms with van der Waals surface area (Å²) in [6.07, 6.45) is -6.36. The molecule has 13 nitrogen and oxygen atoms in total. The summed E-state index contributed by atoms with van der Waals surface area (Å²) in [4.78, 5) is 49.2. The van der Waals surface area contributed by atoms with Crippen molar-refractivity contribution in [1.82, 2.24) is 9.55 Å². The van der Waals surface area contributed by atoms with Gasteiger partial charge in [-0.3, -0.25) is 13.9 Å². The highest BCUT2D eigenvalue weighted by atomic mass is 79.9. The molecule has 0 aliphatic carbocycles. The number of hydrogen-bond acceptors (Lipinski definition) is 10. The first-order valence-electron chi connectivity index (χ1n) is 13.4. The number of nitrogens with zero attached hydrogens (tertiary/aromatic N) is 2. The van der Waals surface area contributed by atoms with E-state index in [4.69, 9.17) is 18.8 Å². The molecule has 4 rings (SSSR count). The Morgan fingerprint density at radius 3 is 2.45 bits per heavy atom. The SMILES string of the molecule is CC[NH+](CC)CC.O=C(Cc1ccn([C@@H]2O[C@H](COP(=O)([O-])O)[C@@H](O)C2(F)F)c(=O)n1)OCc1cc2cc(Br)cc(Br)c2o1. The zero-order valence-corrected chi connectivity index (χ0v) is 27.9. The van der Waals surface area contributed by atoms with Gasteiger partial charge in [-0.15, -0.1) is 0 Å². The summed E-state index contributed by atoms with van der Waals surface area (Å²) in [6, 6.07) is 6.39. The van der Waals surface area contributed by atoms with Crippen LogP contribution in [0.1, 0.15) is 38.5 Å². The van der Waals surface area contributed by atoms with Gasteiger partial charge in [-0.25, -0.2) is 4.79 Å². The Morgan fingerprint density at radius 2 is 1.89 bits per heavy atom. The van der Waals surface area contributed by atoms with Gasteiger partial charge in [0.2, 0.25) is 6.23 Å². The maximum atomic E-state index is 14.5. The fourth-order valence-corrected chi connectivity index (χ4v) is 5.97. The molecule has 0 spiro atoms. The van der Waals surface area contributed by atoms with Crippen LogP contribution in [0.4, 0.5) is 8.78 Å². The van der Waals surface area contributed by atoms with E-state index in [1.165, 1.54) is 19.6 Å². The van der Waals surface area contributed by atoms with Gasteiger partial charge in [0.05, 0.1) is 42.8 Å². The van der Waals surface area contributed by atoms with E-state index in [9.17, 15) is 32.9 Å². The van der Waals surface area contributed by atoms with Crippen molar-refractivity contribution in [3.8, 4) is 0 Å². The van der Waals surface area contributed by atoms with Crippen LogP contribution in [0.5, 0.6) is 0 Å². The maximum Gasteiger partial charge on any atom is 0.350 e. The van der Waals surface area contributed by atoms with Crippen molar-refractivity contribution in [1.29, 1.82) is 0 Å². The topological polar surface area (TPSA) is 178 Å². The maximum absolute atomic E-state index is 14.5. The average molecular weight is 775 g/mol. The van der Waals surface area contributed by atoms with E-state index in [-0.39, 0.29) is 12.3 Å². The number of alkyl halides is 2. The third kappa shape index (κ3) is 9.47. The lowest BCUT2D eigenvalue weighted by atomic mass is 10.1. The summed E-state index contributed by atoms with van der Waals surface area (Å²) in [5.74, 6) is -4.45. The van der Waals surface area contributed by atoms with E-state index in [0.29, 0.717) is 20.4 Å². The summed E-state index contributed by atoms with van der Waals surface area (Å²) in [5, 5.41) is 10.6. The van der Waals surface area contributed by atoms with Crippen LogP contribution in [0.3, 0.4) is 0 Å². The molecule has 18 heteroatoms. The second kappa shape index (κ2) is 15.5. The van der Waals surface area contributed by atoms with Crippen molar-refractivity contribution in [2.24, 2.45) is 0 Å². The molecule has 244 valence electrons. The summed E-state index contributed by atoms with van der Waals surface area (Å²) in [7, 11) is -5.27. The van der Waals surface area contributed by atoms with Gasteiger partial charge in [0.1, 0.15) is 24.1 Å². The number of esters is 1. The first-order chi connectivity index (χ1) is 20.6.